The molecule has 33 heavy (non-hydrogen) atoms. The lowest BCUT2D eigenvalue weighted by atomic mass is 10.1. The molecule has 1 fully saturated rings. The van der Waals surface area contributed by atoms with Gasteiger partial charge in [-0.25, -0.2) is 0 Å². The van der Waals surface area contributed by atoms with Gasteiger partial charge in [0.05, 0.1) is 17.0 Å². The van der Waals surface area contributed by atoms with Crippen molar-refractivity contribution in [2.75, 3.05) is 36.4 Å². The van der Waals surface area contributed by atoms with Crippen LogP contribution in [0.2, 0.25) is 10.0 Å². The number of piperazine rings is 1. The molecule has 170 valence electrons. The van der Waals surface area contributed by atoms with Gasteiger partial charge in [0.15, 0.2) is 0 Å². The first-order valence-corrected chi connectivity index (χ1v) is 11.6. The fourth-order valence-corrected chi connectivity index (χ4v) is 4.44. The lowest BCUT2D eigenvalue weighted by molar-refractivity contribution is -0.130. The quantitative estimate of drug-likeness (QED) is 0.527. The summed E-state index contributed by atoms with van der Waals surface area (Å²) in [7, 11) is 0. The van der Waals surface area contributed by atoms with Gasteiger partial charge in [0.25, 0.3) is 5.91 Å². The van der Waals surface area contributed by atoms with Gasteiger partial charge in [-0.2, -0.15) is 0 Å². The first-order chi connectivity index (χ1) is 15.9. The summed E-state index contributed by atoms with van der Waals surface area (Å²) >= 11 is 12.0. The van der Waals surface area contributed by atoms with E-state index >= 15 is 0 Å². The molecule has 5 nitrogen and oxygen atoms in total. The number of hydrogen-bond acceptors (Lipinski definition) is 3. The fraction of sp³-hybridized carbons (Fsp3) is 0.231. The minimum atomic E-state index is -0.287. The summed E-state index contributed by atoms with van der Waals surface area (Å²) in [6.45, 7) is 4.96. The number of carbonyl (C=O) groups excluding carboxylic acids is 2. The number of nitrogens with one attached hydrogen (secondary N) is 1. The highest BCUT2D eigenvalue weighted by Gasteiger charge is 2.21. The maximum absolute atomic E-state index is 12.7. The minimum Gasteiger partial charge on any atom is -0.368 e. The molecular weight excluding hydrogens is 457 g/mol. The second-order valence-corrected chi connectivity index (χ2v) is 9.00. The van der Waals surface area contributed by atoms with Crippen LogP contribution < -0.4 is 10.2 Å². The molecular formula is C26H25Cl2N3O2. The first kappa shape index (κ1) is 23.1. The van der Waals surface area contributed by atoms with Crippen LogP contribution in [-0.4, -0.2) is 42.9 Å². The lowest BCUT2D eigenvalue weighted by Crippen LogP contribution is -2.49. The first-order valence-electron chi connectivity index (χ1n) is 10.8. The van der Waals surface area contributed by atoms with Crippen LogP contribution in [0.1, 0.15) is 21.5 Å². The zero-order chi connectivity index (χ0) is 23.4. The number of nitrogens with zero attached hydrogens (tertiary/aromatic N) is 2. The molecule has 1 heterocycles. The number of halogens is 2. The molecule has 0 aliphatic carbocycles. The molecule has 7 heteroatoms. The molecule has 0 aromatic heterocycles. The van der Waals surface area contributed by atoms with E-state index in [1.54, 1.807) is 18.2 Å². The van der Waals surface area contributed by atoms with Crippen LogP contribution in [-0.2, 0) is 11.2 Å². The molecule has 0 unspecified atom stereocenters. The van der Waals surface area contributed by atoms with Gasteiger partial charge in [-0.15, -0.1) is 0 Å². The molecule has 1 N–H and O–H groups in total. The zero-order valence-electron chi connectivity index (χ0n) is 18.4. The van der Waals surface area contributed by atoms with Crippen molar-refractivity contribution in [1.82, 2.24) is 4.90 Å². The Morgan fingerprint density at radius 3 is 2.30 bits per heavy atom. The van der Waals surface area contributed by atoms with Crippen LogP contribution in [0.15, 0.2) is 66.7 Å². The summed E-state index contributed by atoms with van der Waals surface area (Å²) in [4.78, 5) is 29.4. The average Bonchev–Trinajstić information content (AvgIpc) is 2.79. The number of carbonyl (C=O) groups is 2. The smallest absolute Gasteiger partial charge is 0.257 e. The van der Waals surface area contributed by atoms with Crippen LogP contribution in [0.4, 0.5) is 11.4 Å². The van der Waals surface area contributed by atoms with Crippen LogP contribution in [0.5, 0.6) is 0 Å². The monoisotopic (exact) mass is 481 g/mol. The van der Waals surface area contributed by atoms with E-state index in [1.807, 2.05) is 54.3 Å². The van der Waals surface area contributed by atoms with Crippen molar-refractivity contribution in [3.05, 3.63) is 93.5 Å². The Hall–Kier alpha value is -3.02. The molecule has 0 saturated carbocycles. The second-order valence-electron chi connectivity index (χ2n) is 8.16. The predicted molar refractivity (Wildman–Crippen MR) is 135 cm³/mol. The van der Waals surface area contributed by atoms with Gasteiger partial charge in [0, 0.05) is 42.6 Å². The van der Waals surface area contributed by atoms with Gasteiger partial charge in [-0.3, -0.25) is 9.59 Å². The number of amides is 2. The number of hydrogen-bond donors (Lipinski definition) is 1. The summed E-state index contributed by atoms with van der Waals surface area (Å²) in [5.74, 6) is -0.121. The van der Waals surface area contributed by atoms with Crippen molar-refractivity contribution in [2.24, 2.45) is 0 Å². The van der Waals surface area contributed by atoms with E-state index in [0.29, 0.717) is 40.8 Å². The molecule has 1 saturated heterocycles. The Kier molecular flexibility index (Phi) is 7.21. The van der Waals surface area contributed by atoms with Gasteiger partial charge >= 0.3 is 0 Å². The summed E-state index contributed by atoms with van der Waals surface area (Å²) in [6.07, 6.45) is 0.438. The molecule has 0 bridgehead atoms. The molecule has 1 aliphatic heterocycles. The average molecular weight is 482 g/mol. The van der Waals surface area contributed by atoms with E-state index in [0.717, 1.165) is 24.3 Å². The molecule has 3 aromatic carbocycles. The highest BCUT2D eigenvalue weighted by atomic mass is 35.5. The molecule has 4 rings (SSSR count). The molecule has 0 atom stereocenters. The lowest BCUT2D eigenvalue weighted by Gasteiger charge is -2.36. The summed E-state index contributed by atoms with van der Waals surface area (Å²) in [6, 6.07) is 20.6. The van der Waals surface area contributed by atoms with E-state index in [4.69, 9.17) is 23.2 Å². The fourth-order valence-electron chi connectivity index (χ4n) is 3.95. The third kappa shape index (κ3) is 5.86. The third-order valence-corrected chi connectivity index (χ3v) is 6.28. The molecule has 1 aliphatic rings. The van der Waals surface area contributed by atoms with E-state index in [1.165, 1.54) is 5.56 Å². The van der Waals surface area contributed by atoms with Gasteiger partial charge in [0.1, 0.15) is 0 Å². The van der Waals surface area contributed by atoms with Gasteiger partial charge in [-0.1, -0.05) is 53.0 Å². The normalized spacial score (nSPS) is 13.7. The Bertz CT molecular complexity index is 1160. The summed E-state index contributed by atoms with van der Waals surface area (Å²) in [5.41, 5.74) is 4.34. The van der Waals surface area contributed by atoms with Crippen LogP contribution in [0.25, 0.3) is 0 Å². The standard InChI is InChI=1S/C26H25Cl2N3O2/c1-18-3-2-4-19(15-18)16-25(32)31-13-11-30(12-14-31)22-8-6-21(7-9-22)29-26(33)23-10-5-20(27)17-24(23)28/h2-10,15,17H,11-14,16H2,1H3,(H,29,33). The molecule has 3 aromatic rings. The number of aryl methyl sites for hydroxylation is 1. The molecule has 2 amide bonds. The maximum Gasteiger partial charge on any atom is 0.257 e. The number of benzene rings is 3. The highest BCUT2D eigenvalue weighted by molar-refractivity contribution is 6.37. The maximum atomic E-state index is 12.7. The Morgan fingerprint density at radius 2 is 1.64 bits per heavy atom. The minimum absolute atomic E-state index is 0.166. The van der Waals surface area contributed by atoms with Crippen molar-refractivity contribution in [3.63, 3.8) is 0 Å². The topological polar surface area (TPSA) is 52.7 Å². The zero-order valence-corrected chi connectivity index (χ0v) is 19.9. The number of rotatable bonds is 5. The SMILES string of the molecule is Cc1cccc(CC(=O)N2CCN(c3ccc(NC(=O)c4ccc(Cl)cc4Cl)cc3)CC2)c1. The summed E-state index contributed by atoms with van der Waals surface area (Å²) in [5, 5.41) is 3.66. The van der Waals surface area contributed by atoms with E-state index in [9.17, 15) is 9.59 Å². The van der Waals surface area contributed by atoms with E-state index in [-0.39, 0.29) is 11.8 Å². The number of anilines is 2. The van der Waals surface area contributed by atoms with Crippen LogP contribution in [0, 0.1) is 6.92 Å². The van der Waals surface area contributed by atoms with Crippen LogP contribution in [0.3, 0.4) is 0 Å². The Balaban J connectivity index is 1.31. The van der Waals surface area contributed by atoms with Crippen molar-refractivity contribution in [1.29, 1.82) is 0 Å². The predicted octanol–water partition coefficient (Wildman–Crippen LogP) is 5.45. The van der Waals surface area contributed by atoms with Gasteiger partial charge in [0.2, 0.25) is 5.91 Å². The van der Waals surface area contributed by atoms with Crippen molar-refractivity contribution < 1.29 is 9.59 Å². The Morgan fingerprint density at radius 1 is 0.909 bits per heavy atom. The van der Waals surface area contributed by atoms with Crippen molar-refractivity contribution >= 4 is 46.4 Å². The van der Waals surface area contributed by atoms with Gasteiger partial charge < -0.3 is 15.1 Å². The summed E-state index contributed by atoms with van der Waals surface area (Å²) < 4.78 is 0. The highest BCUT2D eigenvalue weighted by Crippen LogP contribution is 2.24. The van der Waals surface area contributed by atoms with Crippen molar-refractivity contribution in [2.45, 2.75) is 13.3 Å². The third-order valence-electron chi connectivity index (χ3n) is 5.74. The van der Waals surface area contributed by atoms with Gasteiger partial charge in [-0.05, 0) is 55.0 Å². The largest absolute Gasteiger partial charge is 0.368 e. The molecule has 0 spiro atoms. The molecule has 0 radical (unpaired) electrons. The van der Waals surface area contributed by atoms with E-state index in [2.05, 4.69) is 16.3 Å². The van der Waals surface area contributed by atoms with Crippen molar-refractivity contribution in [3.8, 4) is 0 Å². The second kappa shape index (κ2) is 10.3. The van der Waals surface area contributed by atoms with Crippen LogP contribution >= 0.6 is 23.2 Å². The Labute approximate surface area is 203 Å². The van der Waals surface area contributed by atoms with E-state index < -0.39 is 0 Å².